The molecule has 1 rings (SSSR count). The summed E-state index contributed by atoms with van der Waals surface area (Å²) in [6.07, 6.45) is 1.56. The van der Waals surface area contributed by atoms with Gasteiger partial charge in [-0.25, -0.2) is 0 Å². The molecular weight excluding hydrogens is 220 g/mol. The van der Waals surface area contributed by atoms with E-state index in [2.05, 4.69) is 0 Å². The minimum atomic E-state index is -0.813. The lowest BCUT2D eigenvalue weighted by Crippen LogP contribution is -2.39. The first-order valence-electron chi connectivity index (χ1n) is 6.03. The van der Waals surface area contributed by atoms with Crippen molar-refractivity contribution >= 4 is 11.9 Å². The summed E-state index contributed by atoms with van der Waals surface area (Å²) >= 11 is 0. The Bertz CT molecular complexity index is 309. The molecule has 0 aromatic rings. The van der Waals surface area contributed by atoms with Crippen LogP contribution >= 0.6 is 0 Å². The third kappa shape index (κ3) is 3.70. The molecule has 1 heterocycles. The first-order chi connectivity index (χ1) is 7.72. The molecule has 0 aromatic carbocycles. The largest absolute Gasteiger partial charge is 0.481 e. The molecule has 0 aliphatic carbocycles. The minimum absolute atomic E-state index is 0.0137. The predicted octanol–water partition coefficient (Wildman–Crippen LogP) is 0.826. The van der Waals surface area contributed by atoms with Gasteiger partial charge in [0.1, 0.15) is 0 Å². The maximum absolute atomic E-state index is 11.9. The van der Waals surface area contributed by atoms with E-state index in [1.54, 1.807) is 11.8 Å². The number of nitrogens with zero attached hydrogens (tertiary/aromatic N) is 1. The van der Waals surface area contributed by atoms with Gasteiger partial charge in [0.2, 0.25) is 5.91 Å². The van der Waals surface area contributed by atoms with E-state index in [0.29, 0.717) is 25.8 Å². The maximum atomic E-state index is 11.9. The Morgan fingerprint density at radius 2 is 2.06 bits per heavy atom. The molecule has 0 saturated carbocycles. The standard InChI is InChI=1S/C12H22N2O3/c1-8-9(11(16)17)5-7-14(8)10(15)4-6-12(2,3)13/h8-9H,4-7,13H2,1-3H3,(H,16,17). The highest BCUT2D eigenvalue weighted by molar-refractivity contribution is 5.79. The van der Waals surface area contributed by atoms with Crippen LogP contribution in [-0.4, -0.2) is 40.0 Å². The van der Waals surface area contributed by atoms with Crippen LogP contribution in [0.15, 0.2) is 0 Å². The highest BCUT2D eigenvalue weighted by Crippen LogP contribution is 2.25. The van der Waals surface area contributed by atoms with E-state index in [1.807, 2.05) is 13.8 Å². The van der Waals surface area contributed by atoms with Crippen molar-refractivity contribution in [2.75, 3.05) is 6.54 Å². The van der Waals surface area contributed by atoms with Gasteiger partial charge in [-0.3, -0.25) is 9.59 Å². The number of carboxylic acid groups (broad SMARTS) is 1. The van der Waals surface area contributed by atoms with E-state index in [1.165, 1.54) is 0 Å². The fourth-order valence-electron chi connectivity index (χ4n) is 2.19. The molecule has 0 radical (unpaired) electrons. The molecule has 0 bridgehead atoms. The molecule has 1 aliphatic heterocycles. The number of aliphatic carboxylic acids is 1. The van der Waals surface area contributed by atoms with E-state index in [-0.39, 0.29) is 17.5 Å². The van der Waals surface area contributed by atoms with Crippen LogP contribution in [0.4, 0.5) is 0 Å². The average Bonchev–Trinajstić information content (AvgIpc) is 2.55. The van der Waals surface area contributed by atoms with E-state index in [9.17, 15) is 9.59 Å². The molecule has 3 N–H and O–H groups in total. The molecule has 1 fully saturated rings. The first kappa shape index (κ1) is 14.0. The number of hydrogen-bond acceptors (Lipinski definition) is 3. The molecule has 1 amide bonds. The maximum Gasteiger partial charge on any atom is 0.308 e. The zero-order chi connectivity index (χ0) is 13.2. The number of likely N-dealkylation sites (tertiary alicyclic amines) is 1. The van der Waals surface area contributed by atoms with Gasteiger partial charge in [-0.2, -0.15) is 0 Å². The van der Waals surface area contributed by atoms with Crippen molar-refractivity contribution in [2.24, 2.45) is 11.7 Å². The average molecular weight is 242 g/mol. The summed E-state index contributed by atoms with van der Waals surface area (Å²) in [6, 6.07) is -0.208. The molecule has 5 nitrogen and oxygen atoms in total. The van der Waals surface area contributed by atoms with E-state index < -0.39 is 11.9 Å². The smallest absolute Gasteiger partial charge is 0.308 e. The highest BCUT2D eigenvalue weighted by Gasteiger charge is 2.37. The molecular formula is C12H22N2O3. The lowest BCUT2D eigenvalue weighted by Gasteiger charge is -2.25. The Morgan fingerprint density at radius 1 is 1.47 bits per heavy atom. The quantitative estimate of drug-likeness (QED) is 0.764. The van der Waals surface area contributed by atoms with Crippen LogP contribution in [-0.2, 0) is 9.59 Å². The molecule has 2 unspecified atom stereocenters. The first-order valence-corrected chi connectivity index (χ1v) is 6.03. The molecule has 98 valence electrons. The van der Waals surface area contributed by atoms with Crippen molar-refractivity contribution in [1.29, 1.82) is 0 Å². The summed E-state index contributed by atoms with van der Waals surface area (Å²) in [5, 5.41) is 8.98. The van der Waals surface area contributed by atoms with Gasteiger partial charge in [0, 0.05) is 24.5 Å². The second-order valence-electron chi connectivity index (χ2n) is 5.55. The van der Waals surface area contributed by atoms with Gasteiger partial charge in [0.25, 0.3) is 0 Å². The third-order valence-corrected chi connectivity index (χ3v) is 3.38. The number of carbonyl (C=O) groups is 2. The summed E-state index contributed by atoms with van der Waals surface area (Å²) in [5.74, 6) is -1.23. The van der Waals surface area contributed by atoms with Gasteiger partial charge in [-0.15, -0.1) is 0 Å². The number of carboxylic acids is 1. The van der Waals surface area contributed by atoms with Crippen molar-refractivity contribution in [1.82, 2.24) is 4.90 Å². The lowest BCUT2D eigenvalue weighted by atomic mass is 9.99. The number of carbonyl (C=O) groups excluding carboxylic acids is 1. The molecule has 17 heavy (non-hydrogen) atoms. The second kappa shape index (κ2) is 5.04. The van der Waals surface area contributed by atoms with Crippen molar-refractivity contribution in [2.45, 2.75) is 51.6 Å². The molecule has 1 saturated heterocycles. The zero-order valence-electron chi connectivity index (χ0n) is 10.8. The molecule has 0 aromatic heterocycles. The zero-order valence-corrected chi connectivity index (χ0v) is 10.8. The van der Waals surface area contributed by atoms with Crippen molar-refractivity contribution < 1.29 is 14.7 Å². The molecule has 2 atom stereocenters. The number of hydrogen-bond donors (Lipinski definition) is 2. The van der Waals surface area contributed by atoms with Crippen LogP contribution in [0.3, 0.4) is 0 Å². The van der Waals surface area contributed by atoms with Gasteiger partial charge in [-0.1, -0.05) is 0 Å². The third-order valence-electron chi connectivity index (χ3n) is 3.38. The topological polar surface area (TPSA) is 83.6 Å². The van der Waals surface area contributed by atoms with Crippen molar-refractivity contribution in [3.05, 3.63) is 0 Å². The van der Waals surface area contributed by atoms with Crippen LogP contribution in [0, 0.1) is 5.92 Å². The second-order valence-corrected chi connectivity index (χ2v) is 5.55. The minimum Gasteiger partial charge on any atom is -0.481 e. The molecule has 5 heteroatoms. The Hall–Kier alpha value is -1.10. The summed E-state index contributed by atoms with van der Waals surface area (Å²) in [4.78, 5) is 24.6. The Kier molecular flexibility index (Phi) is 4.14. The Labute approximate surface area is 102 Å². The van der Waals surface area contributed by atoms with Crippen LogP contribution < -0.4 is 5.73 Å². The number of nitrogens with two attached hydrogens (primary N) is 1. The summed E-state index contributed by atoms with van der Waals surface area (Å²) in [7, 11) is 0. The summed E-state index contributed by atoms with van der Waals surface area (Å²) in [6.45, 7) is 6.11. The Morgan fingerprint density at radius 3 is 2.47 bits per heavy atom. The fourth-order valence-corrected chi connectivity index (χ4v) is 2.19. The van der Waals surface area contributed by atoms with Crippen LogP contribution in [0.2, 0.25) is 0 Å². The van der Waals surface area contributed by atoms with Crippen molar-refractivity contribution in [3.63, 3.8) is 0 Å². The fraction of sp³-hybridized carbons (Fsp3) is 0.833. The van der Waals surface area contributed by atoms with Crippen LogP contribution in [0.1, 0.15) is 40.0 Å². The highest BCUT2D eigenvalue weighted by atomic mass is 16.4. The van der Waals surface area contributed by atoms with Crippen molar-refractivity contribution in [3.8, 4) is 0 Å². The summed E-state index contributed by atoms with van der Waals surface area (Å²) < 4.78 is 0. The number of amides is 1. The van der Waals surface area contributed by atoms with E-state index in [4.69, 9.17) is 10.8 Å². The van der Waals surface area contributed by atoms with Gasteiger partial charge >= 0.3 is 5.97 Å². The predicted molar refractivity (Wildman–Crippen MR) is 64.4 cm³/mol. The summed E-state index contributed by atoms with van der Waals surface area (Å²) in [5.41, 5.74) is 5.47. The van der Waals surface area contributed by atoms with E-state index >= 15 is 0 Å². The van der Waals surface area contributed by atoms with Crippen LogP contribution in [0.25, 0.3) is 0 Å². The molecule has 1 aliphatic rings. The number of rotatable bonds is 4. The van der Waals surface area contributed by atoms with E-state index in [0.717, 1.165) is 0 Å². The Balaban J connectivity index is 2.52. The monoisotopic (exact) mass is 242 g/mol. The molecule has 0 spiro atoms. The lowest BCUT2D eigenvalue weighted by molar-refractivity contribution is -0.143. The van der Waals surface area contributed by atoms with Gasteiger partial charge < -0.3 is 15.7 Å². The van der Waals surface area contributed by atoms with Gasteiger partial charge in [0.05, 0.1) is 5.92 Å². The van der Waals surface area contributed by atoms with Crippen LogP contribution in [0.5, 0.6) is 0 Å². The normalized spacial score (nSPS) is 25.1. The van der Waals surface area contributed by atoms with Gasteiger partial charge in [0.15, 0.2) is 0 Å². The SMILES string of the molecule is CC1C(C(=O)O)CCN1C(=O)CCC(C)(C)N. The van der Waals surface area contributed by atoms with Gasteiger partial charge in [-0.05, 0) is 33.6 Å².